The molecule has 0 saturated carbocycles. The maximum absolute atomic E-state index is 4.42. The van der Waals surface area contributed by atoms with Gasteiger partial charge in [0.05, 0.1) is 5.69 Å². The van der Waals surface area contributed by atoms with Crippen LogP contribution in [0.15, 0.2) is 12.3 Å². The predicted molar refractivity (Wildman–Crippen MR) is 46.6 cm³/mol. The molecule has 0 aliphatic carbocycles. The zero-order chi connectivity index (χ0) is 8.27. The van der Waals surface area contributed by atoms with Crippen molar-refractivity contribution < 1.29 is 0 Å². The average molecular weight is 152 g/mol. The van der Waals surface area contributed by atoms with E-state index in [4.69, 9.17) is 0 Å². The van der Waals surface area contributed by atoms with Gasteiger partial charge in [0.25, 0.3) is 0 Å². The maximum Gasteiger partial charge on any atom is 0.0649 e. The van der Waals surface area contributed by atoms with E-state index in [-0.39, 0.29) is 0 Å². The van der Waals surface area contributed by atoms with E-state index in [1.165, 1.54) is 5.69 Å². The van der Waals surface area contributed by atoms with Gasteiger partial charge in [-0.15, -0.1) is 0 Å². The molecular weight excluding hydrogens is 136 g/mol. The molecule has 2 heteroatoms. The molecule has 1 heterocycles. The summed E-state index contributed by atoms with van der Waals surface area (Å²) in [6.45, 7) is 7.53. The summed E-state index contributed by atoms with van der Waals surface area (Å²) in [5.41, 5.74) is 1.19. The van der Waals surface area contributed by atoms with Crippen molar-refractivity contribution in [1.82, 2.24) is 9.78 Å². The number of nitrogens with zero attached hydrogens (tertiary/aromatic N) is 2. The molecule has 0 aliphatic heterocycles. The highest BCUT2D eigenvalue weighted by Crippen LogP contribution is 2.10. The van der Waals surface area contributed by atoms with E-state index in [9.17, 15) is 0 Å². The Balaban J connectivity index is 2.66. The summed E-state index contributed by atoms with van der Waals surface area (Å²) >= 11 is 0. The second-order valence-electron chi connectivity index (χ2n) is 3.16. The Hall–Kier alpha value is -0.790. The Labute approximate surface area is 68.2 Å². The molecule has 0 saturated heterocycles. The van der Waals surface area contributed by atoms with Gasteiger partial charge in [0.2, 0.25) is 0 Å². The SMILES string of the molecule is CCCn1ccc(C(C)C)n1. The van der Waals surface area contributed by atoms with E-state index in [2.05, 4.69) is 38.1 Å². The molecule has 0 aliphatic rings. The van der Waals surface area contributed by atoms with Crippen LogP contribution in [0.3, 0.4) is 0 Å². The van der Waals surface area contributed by atoms with Crippen LogP contribution in [0.4, 0.5) is 0 Å². The molecule has 0 radical (unpaired) electrons. The van der Waals surface area contributed by atoms with Gasteiger partial charge in [-0.2, -0.15) is 5.10 Å². The monoisotopic (exact) mass is 152 g/mol. The van der Waals surface area contributed by atoms with E-state index in [0.717, 1.165) is 13.0 Å². The van der Waals surface area contributed by atoms with Crippen LogP contribution in [0.25, 0.3) is 0 Å². The fourth-order valence-corrected chi connectivity index (χ4v) is 1.04. The average Bonchev–Trinajstić information content (AvgIpc) is 2.37. The first-order chi connectivity index (χ1) is 5.24. The van der Waals surface area contributed by atoms with Crippen LogP contribution in [-0.4, -0.2) is 9.78 Å². The molecule has 0 bridgehead atoms. The lowest BCUT2D eigenvalue weighted by molar-refractivity contribution is 0.588. The molecule has 0 unspecified atom stereocenters. The third-order valence-electron chi connectivity index (χ3n) is 1.71. The van der Waals surface area contributed by atoms with Crippen molar-refractivity contribution in [2.75, 3.05) is 0 Å². The van der Waals surface area contributed by atoms with E-state index in [0.29, 0.717) is 5.92 Å². The van der Waals surface area contributed by atoms with Crippen LogP contribution in [0.1, 0.15) is 38.8 Å². The molecule has 2 nitrogen and oxygen atoms in total. The Bertz CT molecular complexity index is 213. The normalized spacial score (nSPS) is 10.9. The number of aryl methyl sites for hydroxylation is 1. The first kappa shape index (κ1) is 8.31. The van der Waals surface area contributed by atoms with Crippen molar-refractivity contribution in [3.63, 3.8) is 0 Å². The van der Waals surface area contributed by atoms with Gasteiger partial charge in [-0.05, 0) is 18.4 Å². The first-order valence-corrected chi connectivity index (χ1v) is 4.27. The number of hydrogen-bond acceptors (Lipinski definition) is 1. The Morgan fingerprint density at radius 2 is 2.27 bits per heavy atom. The van der Waals surface area contributed by atoms with Crippen molar-refractivity contribution in [3.05, 3.63) is 18.0 Å². The summed E-state index contributed by atoms with van der Waals surface area (Å²) in [5.74, 6) is 0.549. The van der Waals surface area contributed by atoms with Gasteiger partial charge in [0.1, 0.15) is 0 Å². The molecule has 0 amide bonds. The van der Waals surface area contributed by atoms with Gasteiger partial charge in [-0.25, -0.2) is 0 Å². The quantitative estimate of drug-likeness (QED) is 0.650. The molecule has 0 N–H and O–H groups in total. The van der Waals surface area contributed by atoms with Crippen molar-refractivity contribution in [1.29, 1.82) is 0 Å². The van der Waals surface area contributed by atoms with Gasteiger partial charge in [-0.1, -0.05) is 20.8 Å². The van der Waals surface area contributed by atoms with Crippen LogP contribution in [-0.2, 0) is 6.54 Å². The van der Waals surface area contributed by atoms with Crippen molar-refractivity contribution in [2.45, 2.75) is 39.7 Å². The highest BCUT2D eigenvalue weighted by molar-refractivity contribution is 5.03. The first-order valence-electron chi connectivity index (χ1n) is 4.27. The van der Waals surface area contributed by atoms with Crippen LogP contribution in [0.2, 0.25) is 0 Å². The minimum atomic E-state index is 0.549. The summed E-state index contributed by atoms with van der Waals surface area (Å²) in [6.07, 6.45) is 3.21. The smallest absolute Gasteiger partial charge is 0.0649 e. The third-order valence-corrected chi connectivity index (χ3v) is 1.71. The minimum Gasteiger partial charge on any atom is -0.272 e. The van der Waals surface area contributed by atoms with Crippen molar-refractivity contribution >= 4 is 0 Å². The largest absolute Gasteiger partial charge is 0.272 e. The maximum atomic E-state index is 4.42. The Kier molecular flexibility index (Phi) is 2.69. The molecule has 0 aromatic carbocycles. The van der Waals surface area contributed by atoms with Gasteiger partial charge < -0.3 is 0 Å². The van der Waals surface area contributed by atoms with E-state index in [1.54, 1.807) is 0 Å². The molecular formula is C9H16N2. The zero-order valence-corrected chi connectivity index (χ0v) is 7.54. The van der Waals surface area contributed by atoms with E-state index < -0.39 is 0 Å². The fourth-order valence-electron chi connectivity index (χ4n) is 1.04. The van der Waals surface area contributed by atoms with Crippen LogP contribution >= 0.6 is 0 Å². The summed E-state index contributed by atoms with van der Waals surface area (Å²) in [7, 11) is 0. The Morgan fingerprint density at radius 3 is 2.73 bits per heavy atom. The second kappa shape index (κ2) is 3.56. The molecule has 1 rings (SSSR count). The molecule has 0 fully saturated rings. The highest BCUT2D eigenvalue weighted by Gasteiger charge is 2.01. The zero-order valence-electron chi connectivity index (χ0n) is 7.54. The van der Waals surface area contributed by atoms with E-state index >= 15 is 0 Å². The summed E-state index contributed by atoms with van der Waals surface area (Å²) in [4.78, 5) is 0. The second-order valence-corrected chi connectivity index (χ2v) is 3.16. The lowest BCUT2D eigenvalue weighted by Gasteiger charge is -1.98. The standard InChI is InChI=1S/C9H16N2/c1-4-6-11-7-5-9(10-11)8(2)3/h5,7-8H,4,6H2,1-3H3. The molecule has 0 spiro atoms. The van der Waals surface area contributed by atoms with Crippen LogP contribution in [0.5, 0.6) is 0 Å². The summed E-state index contributed by atoms with van der Waals surface area (Å²) in [6, 6.07) is 2.10. The van der Waals surface area contributed by atoms with E-state index in [1.807, 2.05) is 4.68 Å². The lowest BCUT2D eigenvalue weighted by Crippen LogP contribution is -1.98. The van der Waals surface area contributed by atoms with Crippen LogP contribution < -0.4 is 0 Å². The van der Waals surface area contributed by atoms with Crippen molar-refractivity contribution in [3.8, 4) is 0 Å². The summed E-state index contributed by atoms with van der Waals surface area (Å²) < 4.78 is 2.01. The number of rotatable bonds is 3. The van der Waals surface area contributed by atoms with Gasteiger partial charge >= 0.3 is 0 Å². The number of aromatic nitrogens is 2. The highest BCUT2D eigenvalue weighted by atomic mass is 15.3. The minimum absolute atomic E-state index is 0.549. The molecule has 62 valence electrons. The number of hydrogen-bond donors (Lipinski definition) is 0. The third kappa shape index (κ3) is 2.07. The summed E-state index contributed by atoms with van der Waals surface area (Å²) in [5, 5.41) is 4.42. The van der Waals surface area contributed by atoms with Crippen molar-refractivity contribution in [2.24, 2.45) is 0 Å². The predicted octanol–water partition coefficient (Wildman–Crippen LogP) is 2.42. The van der Waals surface area contributed by atoms with Gasteiger partial charge in [0, 0.05) is 12.7 Å². The lowest BCUT2D eigenvalue weighted by atomic mass is 10.1. The molecule has 1 aromatic heterocycles. The van der Waals surface area contributed by atoms with Crippen LogP contribution in [0, 0.1) is 0 Å². The van der Waals surface area contributed by atoms with Gasteiger partial charge in [-0.3, -0.25) is 4.68 Å². The Morgan fingerprint density at radius 1 is 1.55 bits per heavy atom. The molecule has 1 aromatic rings. The fraction of sp³-hybridized carbons (Fsp3) is 0.667. The van der Waals surface area contributed by atoms with Gasteiger partial charge in [0.15, 0.2) is 0 Å². The topological polar surface area (TPSA) is 17.8 Å². The molecule has 11 heavy (non-hydrogen) atoms. The molecule has 0 atom stereocenters.